The molecule has 2 fully saturated rings. The van der Waals surface area contributed by atoms with E-state index in [1.807, 2.05) is 0 Å². The first-order chi connectivity index (χ1) is 8.95. The van der Waals surface area contributed by atoms with Crippen LogP contribution in [0.3, 0.4) is 0 Å². The van der Waals surface area contributed by atoms with Crippen molar-refractivity contribution in [3.8, 4) is 0 Å². The summed E-state index contributed by atoms with van der Waals surface area (Å²) in [6.07, 6.45) is 5.07. The van der Waals surface area contributed by atoms with Crippen molar-refractivity contribution in [1.29, 1.82) is 0 Å². The third kappa shape index (κ3) is 3.13. The molecule has 2 aliphatic rings. The highest BCUT2D eigenvalue weighted by Gasteiger charge is 2.51. The molecule has 1 N–H and O–H groups in total. The second-order valence-electron chi connectivity index (χ2n) is 7.13. The lowest BCUT2D eigenvalue weighted by atomic mass is 10.0. The van der Waals surface area contributed by atoms with Gasteiger partial charge in [0.05, 0.1) is 12.2 Å². The van der Waals surface area contributed by atoms with Crippen LogP contribution in [-0.4, -0.2) is 29.1 Å². The van der Waals surface area contributed by atoms with E-state index in [2.05, 4.69) is 44.8 Å². The van der Waals surface area contributed by atoms with Gasteiger partial charge in [-0.25, -0.2) is 0 Å². The molecule has 0 aromatic heterocycles. The summed E-state index contributed by atoms with van der Waals surface area (Å²) < 4.78 is 0. The zero-order valence-electron chi connectivity index (χ0n) is 13.1. The second kappa shape index (κ2) is 5.82. The Morgan fingerprint density at radius 1 is 1.32 bits per heavy atom. The van der Waals surface area contributed by atoms with E-state index in [1.165, 1.54) is 19.3 Å². The molecule has 0 bridgehead atoms. The number of rotatable bonds is 6. The normalized spacial score (nSPS) is 34.7. The lowest BCUT2D eigenvalue weighted by Gasteiger charge is -2.26. The number of carbonyl (C=O) groups is 1. The number of nitrogens with zero attached hydrogens (tertiary/aromatic N) is 1. The summed E-state index contributed by atoms with van der Waals surface area (Å²) in [4.78, 5) is 14.8. The molecule has 4 unspecified atom stereocenters. The summed E-state index contributed by atoms with van der Waals surface area (Å²) in [6.45, 7) is 11.0. The largest absolute Gasteiger partial charge is 0.323 e. The molecule has 1 saturated carbocycles. The van der Waals surface area contributed by atoms with Gasteiger partial charge in [-0.3, -0.25) is 10.1 Å². The molecule has 110 valence electrons. The molecule has 0 spiro atoms. The van der Waals surface area contributed by atoms with Crippen molar-refractivity contribution in [2.24, 2.45) is 17.8 Å². The Morgan fingerprint density at radius 3 is 2.53 bits per heavy atom. The minimum atomic E-state index is 0.0339. The van der Waals surface area contributed by atoms with Gasteiger partial charge in [-0.05, 0) is 37.0 Å². The monoisotopic (exact) mass is 266 g/mol. The lowest BCUT2D eigenvalue weighted by Crippen LogP contribution is -2.40. The van der Waals surface area contributed by atoms with Gasteiger partial charge < -0.3 is 4.90 Å². The Kier molecular flexibility index (Phi) is 4.54. The fourth-order valence-electron chi connectivity index (χ4n) is 3.43. The number of nitrogens with one attached hydrogen (secondary N) is 1. The highest BCUT2D eigenvalue weighted by atomic mass is 16.2. The Balaban J connectivity index is 2.06. The predicted octanol–water partition coefficient (Wildman–Crippen LogP) is 3.00. The van der Waals surface area contributed by atoms with Crippen LogP contribution in [0.1, 0.15) is 60.3 Å². The van der Waals surface area contributed by atoms with Crippen LogP contribution in [0.4, 0.5) is 0 Å². The van der Waals surface area contributed by atoms with Crippen molar-refractivity contribution in [1.82, 2.24) is 10.2 Å². The lowest BCUT2D eigenvalue weighted by molar-refractivity contribution is -0.131. The van der Waals surface area contributed by atoms with Gasteiger partial charge in [0.2, 0.25) is 5.91 Å². The van der Waals surface area contributed by atoms with Crippen molar-refractivity contribution in [2.45, 2.75) is 78.6 Å². The molecule has 2 rings (SSSR count). The van der Waals surface area contributed by atoms with Crippen LogP contribution in [-0.2, 0) is 4.79 Å². The zero-order chi connectivity index (χ0) is 14.2. The third-order valence-electron chi connectivity index (χ3n) is 4.49. The molecular formula is C16H30N2O. The summed E-state index contributed by atoms with van der Waals surface area (Å²) in [7, 11) is 0. The van der Waals surface area contributed by atoms with Gasteiger partial charge in [0.25, 0.3) is 0 Å². The van der Waals surface area contributed by atoms with Gasteiger partial charge in [0, 0.05) is 6.04 Å². The van der Waals surface area contributed by atoms with Gasteiger partial charge in [-0.1, -0.05) is 41.0 Å². The molecule has 1 aliphatic heterocycles. The Morgan fingerprint density at radius 2 is 2.00 bits per heavy atom. The fraction of sp³-hybridized carbons (Fsp3) is 0.938. The average Bonchev–Trinajstić information content (AvgIpc) is 2.96. The third-order valence-corrected chi connectivity index (χ3v) is 4.49. The fourth-order valence-corrected chi connectivity index (χ4v) is 3.43. The first kappa shape index (κ1) is 14.8. The van der Waals surface area contributed by atoms with Gasteiger partial charge in [0.1, 0.15) is 0 Å². The van der Waals surface area contributed by atoms with Gasteiger partial charge in [-0.2, -0.15) is 0 Å². The molecule has 3 nitrogen and oxygen atoms in total. The molecule has 3 heteroatoms. The molecule has 0 aromatic rings. The van der Waals surface area contributed by atoms with Crippen molar-refractivity contribution in [3.05, 3.63) is 0 Å². The Hall–Kier alpha value is -0.570. The maximum atomic E-state index is 12.6. The zero-order valence-corrected chi connectivity index (χ0v) is 13.1. The van der Waals surface area contributed by atoms with Crippen LogP contribution in [0.5, 0.6) is 0 Å². The minimum Gasteiger partial charge on any atom is -0.323 e. The SMILES string of the molecule is CCCC1CC1N1C(=O)C(C(C)C)NC1CC(C)C. The minimum absolute atomic E-state index is 0.0339. The van der Waals surface area contributed by atoms with E-state index in [1.54, 1.807) is 0 Å². The van der Waals surface area contributed by atoms with E-state index < -0.39 is 0 Å². The Bertz CT molecular complexity index is 327. The predicted molar refractivity (Wildman–Crippen MR) is 78.7 cm³/mol. The highest BCUT2D eigenvalue weighted by Crippen LogP contribution is 2.42. The average molecular weight is 266 g/mol. The second-order valence-corrected chi connectivity index (χ2v) is 7.13. The summed E-state index contributed by atoms with van der Waals surface area (Å²) in [5.41, 5.74) is 0. The molecule has 1 amide bonds. The number of carbonyl (C=O) groups excluding carboxylic acids is 1. The van der Waals surface area contributed by atoms with Gasteiger partial charge in [-0.15, -0.1) is 0 Å². The standard InChI is InChI=1S/C16H30N2O/c1-6-7-12-9-13(12)18-14(8-10(2)3)17-15(11(4)5)16(18)19/h10-15,17H,6-9H2,1-5H3. The van der Waals surface area contributed by atoms with E-state index in [0.717, 1.165) is 12.3 Å². The van der Waals surface area contributed by atoms with Gasteiger partial charge >= 0.3 is 0 Å². The molecule has 1 saturated heterocycles. The van der Waals surface area contributed by atoms with Crippen LogP contribution in [0.15, 0.2) is 0 Å². The van der Waals surface area contributed by atoms with Crippen molar-refractivity contribution < 1.29 is 4.79 Å². The molecular weight excluding hydrogens is 236 g/mol. The van der Waals surface area contributed by atoms with E-state index in [4.69, 9.17) is 0 Å². The summed E-state index contributed by atoms with van der Waals surface area (Å²) >= 11 is 0. The quantitative estimate of drug-likeness (QED) is 0.801. The van der Waals surface area contributed by atoms with E-state index >= 15 is 0 Å². The van der Waals surface area contributed by atoms with E-state index in [-0.39, 0.29) is 12.2 Å². The maximum Gasteiger partial charge on any atom is 0.241 e. The van der Waals surface area contributed by atoms with E-state index in [9.17, 15) is 4.79 Å². The molecule has 1 heterocycles. The maximum absolute atomic E-state index is 12.6. The summed E-state index contributed by atoms with van der Waals surface area (Å²) in [5, 5.41) is 3.58. The number of hydrogen-bond donors (Lipinski definition) is 1. The summed E-state index contributed by atoms with van der Waals surface area (Å²) in [5.74, 6) is 2.12. The van der Waals surface area contributed by atoms with Crippen molar-refractivity contribution in [2.75, 3.05) is 0 Å². The van der Waals surface area contributed by atoms with Crippen LogP contribution >= 0.6 is 0 Å². The van der Waals surface area contributed by atoms with Crippen LogP contribution < -0.4 is 5.32 Å². The Labute approximate surface area is 118 Å². The first-order valence-electron chi connectivity index (χ1n) is 8.03. The molecule has 1 aliphatic carbocycles. The smallest absolute Gasteiger partial charge is 0.241 e. The highest BCUT2D eigenvalue weighted by molar-refractivity contribution is 5.85. The van der Waals surface area contributed by atoms with Crippen LogP contribution in [0, 0.1) is 17.8 Å². The number of hydrogen-bond acceptors (Lipinski definition) is 2. The van der Waals surface area contributed by atoms with Crippen molar-refractivity contribution >= 4 is 5.91 Å². The molecule has 0 radical (unpaired) electrons. The summed E-state index contributed by atoms with van der Waals surface area (Å²) in [6, 6.07) is 0.555. The van der Waals surface area contributed by atoms with Gasteiger partial charge in [0.15, 0.2) is 0 Å². The van der Waals surface area contributed by atoms with Crippen molar-refractivity contribution in [3.63, 3.8) is 0 Å². The molecule has 19 heavy (non-hydrogen) atoms. The first-order valence-corrected chi connectivity index (χ1v) is 8.03. The molecule has 4 atom stereocenters. The molecule has 0 aromatic carbocycles. The topological polar surface area (TPSA) is 32.3 Å². The number of amides is 1. The van der Waals surface area contributed by atoms with Crippen LogP contribution in [0.2, 0.25) is 0 Å². The van der Waals surface area contributed by atoms with Crippen LogP contribution in [0.25, 0.3) is 0 Å². The van der Waals surface area contributed by atoms with E-state index in [0.29, 0.717) is 23.8 Å².